The zero-order chi connectivity index (χ0) is 19.5. The summed E-state index contributed by atoms with van der Waals surface area (Å²) in [7, 11) is 0. The number of carbonyl (C=O) groups excluding carboxylic acids is 1. The van der Waals surface area contributed by atoms with Crippen LogP contribution in [0, 0.1) is 6.92 Å². The van der Waals surface area contributed by atoms with Crippen molar-refractivity contribution in [3.63, 3.8) is 0 Å². The van der Waals surface area contributed by atoms with Crippen LogP contribution in [0.15, 0.2) is 58.4 Å². The van der Waals surface area contributed by atoms with Gasteiger partial charge in [-0.25, -0.2) is 0 Å². The van der Waals surface area contributed by atoms with Crippen LogP contribution >= 0.6 is 11.8 Å². The lowest BCUT2D eigenvalue weighted by Crippen LogP contribution is -2.47. The Labute approximate surface area is 171 Å². The van der Waals surface area contributed by atoms with Crippen molar-refractivity contribution in [1.29, 1.82) is 0 Å². The quantitative estimate of drug-likeness (QED) is 0.729. The highest BCUT2D eigenvalue weighted by molar-refractivity contribution is 8.18. The molecule has 4 rings (SSSR count). The molecule has 0 aliphatic carbocycles. The molecule has 2 aliphatic heterocycles. The van der Waals surface area contributed by atoms with Gasteiger partial charge in [0.25, 0.3) is 5.91 Å². The van der Waals surface area contributed by atoms with Crippen LogP contribution in [0.4, 0.5) is 5.69 Å². The van der Waals surface area contributed by atoms with Crippen molar-refractivity contribution in [3.05, 3.63) is 70.1 Å². The van der Waals surface area contributed by atoms with Crippen molar-refractivity contribution in [2.75, 3.05) is 31.1 Å². The number of amidine groups is 1. The minimum atomic E-state index is -0.124. The number of nitrogens with zero attached hydrogens (tertiary/aromatic N) is 3. The Morgan fingerprint density at radius 3 is 2.43 bits per heavy atom. The largest absolute Gasteiger partial charge is 0.368 e. The van der Waals surface area contributed by atoms with Gasteiger partial charge >= 0.3 is 0 Å². The zero-order valence-electron chi connectivity index (χ0n) is 16.4. The summed E-state index contributed by atoms with van der Waals surface area (Å²) in [5, 5.41) is 0.838. The first-order valence-corrected chi connectivity index (χ1v) is 10.6. The molecule has 4 nitrogen and oxygen atoms in total. The van der Waals surface area contributed by atoms with Crippen molar-refractivity contribution in [3.8, 4) is 0 Å². The summed E-state index contributed by atoms with van der Waals surface area (Å²) in [6, 6.07) is 17.0. The Bertz CT molecular complexity index is 925. The maximum absolute atomic E-state index is 12.4. The molecule has 2 aromatic carbocycles. The van der Waals surface area contributed by atoms with Crippen molar-refractivity contribution in [2.45, 2.75) is 20.3 Å². The summed E-state index contributed by atoms with van der Waals surface area (Å²) in [5.41, 5.74) is 4.90. The van der Waals surface area contributed by atoms with Crippen molar-refractivity contribution in [1.82, 2.24) is 4.90 Å². The zero-order valence-corrected chi connectivity index (χ0v) is 17.2. The maximum atomic E-state index is 12.4. The average molecular weight is 392 g/mol. The number of rotatable bonds is 3. The van der Waals surface area contributed by atoms with Crippen LogP contribution in [0.1, 0.15) is 23.6 Å². The summed E-state index contributed by atoms with van der Waals surface area (Å²) in [6.45, 7) is 7.90. The standard InChI is InChI=1S/C23H25N3OS/c1-3-18-7-9-19(10-8-18)16-21-22(27)24-23(28-21)26-13-11-25(12-14-26)20-6-4-5-17(2)15-20/h4-10,15-16H,3,11-14H2,1-2H3/b21-16+. The smallest absolute Gasteiger partial charge is 0.286 e. The second kappa shape index (κ2) is 8.23. The molecule has 5 heteroatoms. The van der Waals surface area contributed by atoms with Gasteiger partial charge in [0.1, 0.15) is 0 Å². The van der Waals surface area contributed by atoms with E-state index in [2.05, 4.69) is 77.2 Å². The van der Waals surface area contributed by atoms with Crippen LogP contribution in [-0.2, 0) is 11.2 Å². The van der Waals surface area contributed by atoms with E-state index in [0.29, 0.717) is 4.91 Å². The molecule has 0 radical (unpaired) electrons. The molecule has 0 atom stereocenters. The number of aliphatic imine (C=N–C) groups is 1. The maximum Gasteiger partial charge on any atom is 0.286 e. The molecule has 0 aromatic heterocycles. The number of hydrogen-bond acceptors (Lipinski definition) is 4. The molecule has 1 amide bonds. The lowest BCUT2D eigenvalue weighted by Gasteiger charge is -2.36. The van der Waals surface area contributed by atoms with Crippen LogP contribution in [-0.4, -0.2) is 42.2 Å². The van der Waals surface area contributed by atoms with Crippen LogP contribution in [0.3, 0.4) is 0 Å². The molecule has 0 unspecified atom stereocenters. The highest BCUT2D eigenvalue weighted by Gasteiger charge is 2.28. The van der Waals surface area contributed by atoms with Crippen LogP contribution < -0.4 is 4.90 Å². The highest BCUT2D eigenvalue weighted by atomic mass is 32.2. The van der Waals surface area contributed by atoms with E-state index in [4.69, 9.17) is 0 Å². The molecule has 0 saturated carbocycles. The predicted molar refractivity (Wildman–Crippen MR) is 119 cm³/mol. The lowest BCUT2D eigenvalue weighted by atomic mass is 10.1. The van der Waals surface area contributed by atoms with E-state index in [0.717, 1.165) is 43.3 Å². The Kier molecular flexibility index (Phi) is 5.53. The number of thioether (sulfide) groups is 1. The van der Waals surface area contributed by atoms with Crippen molar-refractivity contribution >= 4 is 34.6 Å². The first-order chi connectivity index (χ1) is 13.6. The number of anilines is 1. The molecular weight excluding hydrogens is 366 g/mol. The third kappa shape index (κ3) is 4.14. The molecule has 0 bridgehead atoms. The number of carbonyl (C=O) groups is 1. The van der Waals surface area contributed by atoms with Crippen LogP contribution in [0.2, 0.25) is 0 Å². The van der Waals surface area contributed by atoms with Crippen molar-refractivity contribution in [2.24, 2.45) is 4.99 Å². The normalized spacial score (nSPS) is 18.7. The number of hydrogen-bond donors (Lipinski definition) is 0. The van der Waals surface area contributed by atoms with E-state index in [1.807, 2.05) is 6.08 Å². The lowest BCUT2D eigenvalue weighted by molar-refractivity contribution is -0.113. The van der Waals surface area contributed by atoms with E-state index >= 15 is 0 Å². The molecule has 2 heterocycles. The fourth-order valence-electron chi connectivity index (χ4n) is 3.51. The Hall–Kier alpha value is -2.53. The van der Waals surface area contributed by atoms with Crippen molar-refractivity contribution < 1.29 is 4.79 Å². The van der Waals surface area contributed by atoms with Gasteiger partial charge in [0, 0.05) is 31.9 Å². The minimum Gasteiger partial charge on any atom is -0.368 e. The van der Waals surface area contributed by atoms with Gasteiger partial charge in [0.2, 0.25) is 0 Å². The van der Waals surface area contributed by atoms with Gasteiger partial charge in [-0.2, -0.15) is 4.99 Å². The molecule has 144 valence electrons. The SMILES string of the molecule is CCc1ccc(/C=C2/SC(N3CCN(c4cccc(C)c4)CC3)=NC2=O)cc1. The molecule has 28 heavy (non-hydrogen) atoms. The molecule has 2 aromatic rings. The second-order valence-electron chi connectivity index (χ2n) is 7.22. The Morgan fingerprint density at radius 2 is 1.75 bits per heavy atom. The van der Waals surface area contributed by atoms with E-state index in [1.165, 1.54) is 28.6 Å². The first-order valence-electron chi connectivity index (χ1n) is 9.80. The minimum absolute atomic E-state index is 0.124. The van der Waals surface area contributed by atoms with E-state index in [1.54, 1.807) is 0 Å². The first kappa shape index (κ1) is 18.8. The van der Waals surface area contributed by atoms with Gasteiger partial charge < -0.3 is 9.80 Å². The van der Waals surface area contributed by atoms with E-state index < -0.39 is 0 Å². The number of amides is 1. The summed E-state index contributed by atoms with van der Waals surface area (Å²) in [4.78, 5) is 22.0. The monoisotopic (exact) mass is 391 g/mol. The molecule has 1 fully saturated rings. The Balaban J connectivity index is 1.39. The fraction of sp³-hybridized carbons (Fsp3) is 0.304. The third-order valence-corrected chi connectivity index (χ3v) is 6.26. The molecular formula is C23H25N3OS. The molecule has 2 aliphatic rings. The molecule has 0 spiro atoms. The fourth-order valence-corrected chi connectivity index (χ4v) is 4.48. The van der Waals surface area contributed by atoms with Gasteiger partial charge in [-0.15, -0.1) is 0 Å². The Morgan fingerprint density at radius 1 is 1.04 bits per heavy atom. The van der Waals surface area contributed by atoms with Gasteiger partial charge in [-0.3, -0.25) is 4.79 Å². The summed E-state index contributed by atoms with van der Waals surface area (Å²) in [5.74, 6) is -0.124. The molecule has 0 N–H and O–H groups in total. The van der Waals surface area contributed by atoms with Crippen LogP contribution in [0.5, 0.6) is 0 Å². The average Bonchev–Trinajstić information content (AvgIpc) is 3.09. The third-order valence-electron chi connectivity index (χ3n) is 5.21. The van der Waals surface area contributed by atoms with Gasteiger partial charge in [-0.1, -0.05) is 43.3 Å². The van der Waals surface area contributed by atoms with Gasteiger partial charge in [0.15, 0.2) is 5.17 Å². The van der Waals surface area contributed by atoms with Gasteiger partial charge in [-0.05, 0) is 60.0 Å². The number of benzene rings is 2. The highest BCUT2D eigenvalue weighted by Crippen LogP contribution is 2.31. The van der Waals surface area contributed by atoms with Crippen LogP contribution in [0.25, 0.3) is 6.08 Å². The molecule has 1 saturated heterocycles. The summed E-state index contributed by atoms with van der Waals surface area (Å²) < 4.78 is 0. The number of piperazine rings is 1. The second-order valence-corrected chi connectivity index (χ2v) is 8.23. The van der Waals surface area contributed by atoms with E-state index in [-0.39, 0.29) is 5.91 Å². The van der Waals surface area contributed by atoms with E-state index in [9.17, 15) is 4.79 Å². The number of aryl methyl sites for hydroxylation is 2. The van der Waals surface area contributed by atoms with Gasteiger partial charge in [0.05, 0.1) is 4.91 Å². The topological polar surface area (TPSA) is 35.9 Å². The summed E-state index contributed by atoms with van der Waals surface area (Å²) >= 11 is 1.50. The summed E-state index contributed by atoms with van der Waals surface area (Å²) in [6.07, 6.45) is 2.97. The predicted octanol–water partition coefficient (Wildman–Crippen LogP) is 4.35.